The van der Waals surface area contributed by atoms with Crippen molar-refractivity contribution in [3.05, 3.63) is 66.0 Å². The normalized spacial score (nSPS) is 18.5. The Balaban J connectivity index is 1.31. The molecule has 12 heteroatoms. The number of halogens is 2. The number of hydrogen-bond acceptors (Lipinski definition) is 9. The van der Waals surface area contributed by atoms with Gasteiger partial charge in [-0.1, -0.05) is 24.3 Å². The summed E-state index contributed by atoms with van der Waals surface area (Å²) in [6.45, 7) is 7.07. The van der Waals surface area contributed by atoms with Crippen LogP contribution in [0, 0.1) is 0 Å². The molecule has 2 aliphatic rings. The van der Waals surface area contributed by atoms with Gasteiger partial charge in [0.2, 0.25) is 5.95 Å². The number of rotatable bonds is 9. The number of anilines is 3. The highest BCUT2D eigenvalue weighted by atomic mass is 19.3. The van der Waals surface area contributed by atoms with Crippen molar-refractivity contribution >= 4 is 28.5 Å². The number of ether oxygens (including phenoxy) is 3. The van der Waals surface area contributed by atoms with Crippen LogP contribution in [0.25, 0.3) is 16.9 Å². The average Bonchev–Trinajstić information content (AvgIpc) is 3.42. The lowest BCUT2D eigenvalue weighted by Crippen LogP contribution is -2.48. The zero-order valence-corrected chi connectivity index (χ0v) is 23.7. The second-order valence-electron chi connectivity index (χ2n) is 10.4. The summed E-state index contributed by atoms with van der Waals surface area (Å²) in [6.07, 6.45) is -2.77. The van der Waals surface area contributed by atoms with Gasteiger partial charge in [-0.2, -0.15) is 9.97 Å². The number of methoxy groups -OCH3 is 1. The first-order chi connectivity index (χ1) is 20.5. The number of benzene rings is 2. The minimum atomic E-state index is -2.77. The largest absolute Gasteiger partial charge is 0.382 e. The first kappa shape index (κ1) is 28.3. The Kier molecular flexibility index (Phi) is 8.45. The summed E-state index contributed by atoms with van der Waals surface area (Å²) >= 11 is 0. The van der Waals surface area contributed by atoms with Gasteiger partial charge in [0.05, 0.1) is 50.1 Å². The Bertz CT molecular complexity index is 1490. The van der Waals surface area contributed by atoms with Crippen LogP contribution in [0.4, 0.5) is 26.2 Å². The monoisotopic (exact) mass is 579 g/mol. The smallest absolute Gasteiger partial charge is 0.296 e. The van der Waals surface area contributed by atoms with E-state index in [1.807, 2.05) is 11.8 Å². The zero-order chi connectivity index (χ0) is 29.1. The van der Waals surface area contributed by atoms with Crippen molar-refractivity contribution in [3.63, 3.8) is 0 Å². The fourth-order valence-electron chi connectivity index (χ4n) is 5.53. The molecule has 4 aromatic rings. The van der Waals surface area contributed by atoms with Gasteiger partial charge in [0, 0.05) is 44.5 Å². The highest BCUT2D eigenvalue weighted by Gasteiger charge is 2.25. The Morgan fingerprint density at radius 2 is 1.74 bits per heavy atom. The number of aromatic nitrogens is 4. The molecule has 2 aliphatic heterocycles. The minimum Gasteiger partial charge on any atom is -0.382 e. The molecule has 2 atom stereocenters. The third kappa shape index (κ3) is 5.87. The summed E-state index contributed by atoms with van der Waals surface area (Å²) in [4.78, 5) is 18.1. The predicted molar refractivity (Wildman–Crippen MR) is 157 cm³/mol. The minimum absolute atomic E-state index is 0.118. The van der Waals surface area contributed by atoms with E-state index in [2.05, 4.69) is 39.5 Å². The number of fused-ring (bicyclic) bond motifs is 1. The molecule has 2 aromatic carbocycles. The number of para-hydroxylation sites is 2. The van der Waals surface area contributed by atoms with E-state index in [0.717, 1.165) is 17.8 Å². The topological polar surface area (TPSA) is 89.8 Å². The van der Waals surface area contributed by atoms with Gasteiger partial charge in [-0.25, -0.2) is 13.8 Å². The third-order valence-corrected chi connectivity index (χ3v) is 7.68. The maximum atomic E-state index is 14.2. The molecule has 222 valence electrons. The molecule has 0 amide bonds. The van der Waals surface area contributed by atoms with E-state index in [4.69, 9.17) is 24.2 Å². The Labute approximate surface area is 243 Å². The van der Waals surface area contributed by atoms with Crippen molar-refractivity contribution in [3.8, 4) is 5.82 Å². The fourth-order valence-corrected chi connectivity index (χ4v) is 5.53. The summed E-state index contributed by atoms with van der Waals surface area (Å²) in [5.74, 6) is 0.962. The van der Waals surface area contributed by atoms with E-state index in [1.54, 1.807) is 37.4 Å². The van der Waals surface area contributed by atoms with Gasteiger partial charge in [-0.3, -0.25) is 4.57 Å². The lowest BCUT2D eigenvalue weighted by atomic mass is 10.1. The molecule has 2 unspecified atom stereocenters. The molecule has 1 N–H and O–H groups in total. The summed E-state index contributed by atoms with van der Waals surface area (Å²) in [6, 6.07) is 17.2. The number of nitrogens with zero attached hydrogens (tertiary/aromatic N) is 6. The van der Waals surface area contributed by atoms with Gasteiger partial charge >= 0.3 is 0 Å². The highest BCUT2D eigenvalue weighted by molar-refractivity contribution is 5.78. The highest BCUT2D eigenvalue weighted by Crippen LogP contribution is 2.30. The van der Waals surface area contributed by atoms with Crippen LogP contribution in [0.5, 0.6) is 0 Å². The quantitative estimate of drug-likeness (QED) is 0.305. The summed E-state index contributed by atoms with van der Waals surface area (Å²) in [5.41, 5.74) is 3.21. The van der Waals surface area contributed by atoms with Crippen molar-refractivity contribution in [2.24, 2.45) is 0 Å². The average molecular weight is 580 g/mol. The molecule has 4 heterocycles. The Morgan fingerprint density at radius 1 is 0.976 bits per heavy atom. The van der Waals surface area contributed by atoms with Gasteiger partial charge in [-0.05, 0) is 36.8 Å². The molecule has 2 saturated heterocycles. The third-order valence-electron chi connectivity index (χ3n) is 7.68. The van der Waals surface area contributed by atoms with Gasteiger partial charge < -0.3 is 29.3 Å². The van der Waals surface area contributed by atoms with Crippen molar-refractivity contribution in [1.82, 2.24) is 19.5 Å². The van der Waals surface area contributed by atoms with Crippen molar-refractivity contribution in [2.75, 3.05) is 74.9 Å². The molecule has 2 aromatic heterocycles. The summed E-state index contributed by atoms with van der Waals surface area (Å²) < 4.78 is 46.4. The second kappa shape index (κ2) is 12.6. The molecule has 0 bridgehead atoms. The molecule has 2 fully saturated rings. The van der Waals surface area contributed by atoms with Gasteiger partial charge in [0.15, 0.2) is 5.82 Å². The Morgan fingerprint density at radius 3 is 2.50 bits per heavy atom. The first-order valence-electron chi connectivity index (χ1n) is 14.2. The van der Waals surface area contributed by atoms with Crippen LogP contribution in [-0.4, -0.2) is 85.3 Å². The molecule has 0 saturated carbocycles. The van der Waals surface area contributed by atoms with Crippen LogP contribution in [0.3, 0.4) is 0 Å². The molecular formula is C30H35F2N7O3. The van der Waals surface area contributed by atoms with Crippen LogP contribution >= 0.6 is 0 Å². The van der Waals surface area contributed by atoms with E-state index < -0.39 is 6.43 Å². The molecule has 6 rings (SSSR count). The van der Waals surface area contributed by atoms with Crippen LogP contribution < -0.4 is 15.1 Å². The lowest BCUT2D eigenvalue weighted by molar-refractivity contribution is 0.0602. The SMILES string of the molecule is COCC1COCCN1c1ccc(C(C)Nc2cc(-n3c(C(F)F)nc4ccccc43)nc(N3CCOCC3)n2)cc1. The number of imidazole rings is 1. The standard InChI is InChI=1S/C30H35F2N7O3/c1-20(21-7-9-22(10-8-21)38-13-16-42-19-23(38)18-40-2)33-26-17-27(36-30(35-26)37-11-14-41-15-12-37)39-25-6-4-3-5-24(25)34-29(39)28(31)32/h3-10,17,20,23,28H,11-16,18-19H2,1-2H3,(H,33,35,36). The Hall–Kier alpha value is -3.87. The molecule has 0 radical (unpaired) electrons. The van der Waals surface area contributed by atoms with E-state index in [9.17, 15) is 8.78 Å². The van der Waals surface area contributed by atoms with Gasteiger partial charge in [0.25, 0.3) is 6.43 Å². The van der Waals surface area contributed by atoms with E-state index in [-0.39, 0.29) is 17.9 Å². The maximum Gasteiger partial charge on any atom is 0.296 e. The fraction of sp³-hybridized carbons (Fsp3) is 0.433. The molecule has 10 nitrogen and oxygen atoms in total. The van der Waals surface area contributed by atoms with Crippen LogP contribution in [-0.2, 0) is 14.2 Å². The van der Waals surface area contributed by atoms with E-state index in [0.29, 0.717) is 74.7 Å². The zero-order valence-electron chi connectivity index (χ0n) is 23.7. The van der Waals surface area contributed by atoms with E-state index >= 15 is 0 Å². The number of morpholine rings is 2. The molecule has 0 spiro atoms. The number of alkyl halides is 2. The van der Waals surface area contributed by atoms with Crippen molar-refractivity contribution < 1.29 is 23.0 Å². The first-order valence-corrected chi connectivity index (χ1v) is 14.2. The molecular weight excluding hydrogens is 544 g/mol. The predicted octanol–water partition coefficient (Wildman–Crippen LogP) is 4.61. The maximum absolute atomic E-state index is 14.2. The van der Waals surface area contributed by atoms with Gasteiger partial charge in [0.1, 0.15) is 11.6 Å². The molecule has 42 heavy (non-hydrogen) atoms. The number of hydrogen-bond donors (Lipinski definition) is 1. The lowest BCUT2D eigenvalue weighted by Gasteiger charge is -2.37. The molecule has 0 aliphatic carbocycles. The number of nitrogens with one attached hydrogen (secondary N) is 1. The van der Waals surface area contributed by atoms with Crippen LogP contribution in [0.15, 0.2) is 54.6 Å². The van der Waals surface area contributed by atoms with Crippen molar-refractivity contribution in [1.29, 1.82) is 0 Å². The summed E-state index contributed by atoms with van der Waals surface area (Å²) in [7, 11) is 1.70. The summed E-state index contributed by atoms with van der Waals surface area (Å²) in [5, 5.41) is 3.48. The van der Waals surface area contributed by atoms with Gasteiger partial charge in [-0.15, -0.1) is 0 Å². The van der Waals surface area contributed by atoms with Crippen LogP contribution in [0.2, 0.25) is 0 Å². The van der Waals surface area contributed by atoms with Crippen molar-refractivity contribution in [2.45, 2.75) is 25.4 Å². The van der Waals surface area contributed by atoms with E-state index in [1.165, 1.54) is 4.57 Å². The van der Waals surface area contributed by atoms with Crippen LogP contribution in [0.1, 0.15) is 30.8 Å². The second-order valence-corrected chi connectivity index (χ2v) is 10.4.